The molecule has 37 heavy (non-hydrogen) atoms. The van der Waals surface area contributed by atoms with E-state index in [1.165, 1.54) is 11.1 Å². The third-order valence-electron chi connectivity index (χ3n) is 7.26. The van der Waals surface area contributed by atoms with Gasteiger partial charge in [0.15, 0.2) is 0 Å². The quantitative estimate of drug-likeness (QED) is 0.227. The van der Waals surface area contributed by atoms with E-state index in [0.29, 0.717) is 29.6 Å². The van der Waals surface area contributed by atoms with Crippen LogP contribution in [0.1, 0.15) is 46.1 Å². The summed E-state index contributed by atoms with van der Waals surface area (Å²) in [4.78, 5) is 13.1. The highest BCUT2D eigenvalue weighted by atomic mass is 79.9. The van der Waals surface area contributed by atoms with Crippen LogP contribution in [-0.2, 0) is 13.0 Å². The van der Waals surface area contributed by atoms with Gasteiger partial charge in [-0.3, -0.25) is 0 Å². The van der Waals surface area contributed by atoms with Crippen molar-refractivity contribution in [2.24, 2.45) is 0 Å². The van der Waals surface area contributed by atoms with Crippen LogP contribution in [0.2, 0.25) is 0 Å². The molecule has 0 aliphatic heterocycles. The van der Waals surface area contributed by atoms with E-state index in [1.807, 2.05) is 54.6 Å². The van der Waals surface area contributed by atoms with E-state index < -0.39 is 5.63 Å². The van der Waals surface area contributed by atoms with E-state index in [4.69, 9.17) is 9.15 Å². The number of benzene rings is 4. The van der Waals surface area contributed by atoms with E-state index in [9.17, 15) is 9.90 Å². The lowest BCUT2D eigenvalue weighted by Crippen LogP contribution is -2.23. The summed E-state index contributed by atoms with van der Waals surface area (Å²) >= 11 is 3.46. The number of hydrogen-bond donors (Lipinski definition) is 1. The minimum Gasteiger partial charge on any atom is -0.507 e. The van der Waals surface area contributed by atoms with Crippen LogP contribution in [0.25, 0.3) is 11.0 Å². The maximum absolute atomic E-state index is 13.1. The van der Waals surface area contributed by atoms with E-state index in [0.717, 1.165) is 27.8 Å². The van der Waals surface area contributed by atoms with Crippen LogP contribution >= 0.6 is 15.9 Å². The molecule has 0 radical (unpaired) electrons. The number of para-hydroxylation sites is 1. The van der Waals surface area contributed by atoms with Crippen LogP contribution in [0.15, 0.2) is 111 Å². The Balaban J connectivity index is 1.30. The lowest BCUT2D eigenvalue weighted by molar-refractivity contribution is 0.306. The summed E-state index contributed by atoms with van der Waals surface area (Å²) in [5, 5.41) is 11.7. The Morgan fingerprint density at radius 2 is 1.62 bits per heavy atom. The maximum atomic E-state index is 13.1. The normalized spacial score (nSPS) is 16.9. The second-order valence-corrected chi connectivity index (χ2v) is 10.4. The fourth-order valence-electron chi connectivity index (χ4n) is 5.39. The second kappa shape index (κ2) is 9.91. The summed E-state index contributed by atoms with van der Waals surface area (Å²) in [6.07, 6.45) is 1.57. The Morgan fingerprint density at radius 3 is 2.43 bits per heavy atom. The minimum atomic E-state index is -0.478. The maximum Gasteiger partial charge on any atom is 0.343 e. The second-order valence-electron chi connectivity index (χ2n) is 9.52. The van der Waals surface area contributed by atoms with Gasteiger partial charge in [-0.25, -0.2) is 4.79 Å². The highest BCUT2D eigenvalue weighted by Gasteiger charge is 2.33. The first kappa shape index (κ1) is 23.6. The highest BCUT2D eigenvalue weighted by Crippen LogP contribution is 2.45. The monoisotopic (exact) mass is 552 g/mol. The Hall–Kier alpha value is -3.83. The summed E-state index contributed by atoms with van der Waals surface area (Å²) in [7, 11) is 0. The van der Waals surface area contributed by atoms with E-state index in [2.05, 4.69) is 40.2 Å². The molecule has 4 nitrogen and oxygen atoms in total. The fraction of sp³-hybridized carbons (Fsp3) is 0.156. The molecule has 4 aromatic carbocycles. The van der Waals surface area contributed by atoms with Crippen LogP contribution in [-0.4, -0.2) is 5.11 Å². The molecule has 0 spiro atoms. The van der Waals surface area contributed by atoms with E-state index in [1.54, 1.807) is 18.2 Å². The van der Waals surface area contributed by atoms with Gasteiger partial charge in [0.25, 0.3) is 0 Å². The van der Waals surface area contributed by atoms with Gasteiger partial charge in [-0.15, -0.1) is 0 Å². The molecule has 0 bridgehead atoms. The molecule has 5 aromatic rings. The van der Waals surface area contributed by atoms with Gasteiger partial charge in [-0.1, -0.05) is 76.6 Å². The zero-order chi connectivity index (χ0) is 25.4. The molecule has 0 amide bonds. The van der Waals surface area contributed by atoms with E-state index in [-0.39, 0.29) is 17.6 Å². The smallest absolute Gasteiger partial charge is 0.343 e. The topological polar surface area (TPSA) is 59.7 Å². The standard InChI is InChI=1S/C32H25BrO4/c33-24-13-9-20(10-14-24)19-36-25-15-11-21(12-16-25)23-17-22-5-1-2-6-26(22)28(18-23)30-31(34)27-7-3-4-8-29(27)37-32(30)35/h1-16,23,28,34H,17-19H2. The summed E-state index contributed by atoms with van der Waals surface area (Å²) in [5.74, 6) is 0.756. The Kier molecular flexibility index (Phi) is 6.31. The molecule has 1 heterocycles. The first-order chi connectivity index (χ1) is 18.1. The van der Waals surface area contributed by atoms with Crippen LogP contribution in [0.4, 0.5) is 0 Å². The zero-order valence-electron chi connectivity index (χ0n) is 20.1. The number of rotatable bonds is 5. The molecule has 1 N–H and O–H groups in total. The van der Waals surface area contributed by atoms with Gasteiger partial charge in [-0.05, 0) is 77.4 Å². The van der Waals surface area contributed by atoms with Crippen molar-refractivity contribution in [1.29, 1.82) is 0 Å². The molecule has 0 saturated carbocycles. The van der Waals surface area contributed by atoms with Gasteiger partial charge in [0.05, 0.1) is 10.9 Å². The van der Waals surface area contributed by atoms with Gasteiger partial charge >= 0.3 is 5.63 Å². The van der Waals surface area contributed by atoms with Gasteiger partial charge in [0.1, 0.15) is 23.7 Å². The molecule has 0 fully saturated rings. The SMILES string of the molecule is O=c1oc2ccccc2c(O)c1C1CC(c2ccc(OCc3ccc(Br)cc3)cc2)Cc2ccccc21. The lowest BCUT2D eigenvalue weighted by Gasteiger charge is -2.32. The van der Waals surface area contributed by atoms with Gasteiger partial charge in [0, 0.05) is 10.4 Å². The first-order valence-electron chi connectivity index (χ1n) is 12.4. The summed E-state index contributed by atoms with van der Waals surface area (Å²) in [5.41, 5.74) is 4.80. The predicted molar refractivity (Wildman–Crippen MR) is 148 cm³/mol. The van der Waals surface area contributed by atoms with Crippen molar-refractivity contribution in [3.8, 4) is 11.5 Å². The molecule has 5 heteroatoms. The number of halogens is 1. The average molecular weight is 553 g/mol. The van der Waals surface area contributed by atoms with Crippen molar-refractivity contribution in [2.45, 2.75) is 31.3 Å². The van der Waals surface area contributed by atoms with E-state index >= 15 is 0 Å². The highest BCUT2D eigenvalue weighted by molar-refractivity contribution is 9.10. The average Bonchev–Trinajstić information content (AvgIpc) is 2.93. The van der Waals surface area contributed by atoms with Crippen LogP contribution in [0.3, 0.4) is 0 Å². The molecule has 2 unspecified atom stereocenters. The largest absolute Gasteiger partial charge is 0.507 e. The molecule has 2 atom stereocenters. The van der Waals surface area contributed by atoms with Gasteiger partial charge in [-0.2, -0.15) is 0 Å². The predicted octanol–water partition coefficient (Wildman–Crippen LogP) is 7.70. The molecule has 6 rings (SSSR count). The Morgan fingerprint density at radius 1 is 0.892 bits per heavy atom. The third-order valence-corrected chi connectivity index (χ3v) is 7.78. The van der Waals surface area contributed by atoms with Crippen molar-refractivity contribution in [3.05, 3.63) is 140 Å². The molecule has 1 aromatic heterocycles. The fourth-order valence-corrected chi connectivity index (χ4v) is 5.65. The van der Waals surface area contributed by atoms with Crippen LogP contribution in [0.5, 0.6) is 11.5 Å². The molecule has 184 valence electrons. The summed E-state index contributed by atoms with van der Waals surface area (Å²) < 4.78 is 12.7. The van der Waals surface area contributed by atoms with Crippen molar-refractivity contribution in [3.63, 3.8) is 0 Å². The van der Waals surface area contributed by atoms with Crippen molar-refractivity contribution >= 4 is 26.9 Å². The van der Waals surface area contributed by atoms with Gasteiger partial charge < -0.3 is 14.3 Å². The molecule has 1 aliphatic rings. The summed E-state index contributed by atoms with van der Waals surface area (Å²) in [6, 6.07) is 31.6. The third kappa shape index (κ3) is 4.67. The van der Waals surface area contributed by atoms with Crippen molar-refractivity contribution in [2.75, 3.05) is 0 Å². The number of ether oxygens (including phenoxy) is 1. The van der Waals surface area contributed by atoms with Crippen LogP contribution in [0, 0.1) is 0 Å². The molecular formula is C32H25BrO4. The lowest BCUT2D eigenvalue weighted by atomic mass is 9.72. The summed E-state index contributed by atoms with van der Waals surface area (Å²) in [6.45, 7) is 0.503. The van der Waals surface area contributed by atoms with Crippen LogP contribution < -0.4 is 10.4 Å². The zero-order valence-corrected chi connectivity index (χ0v) is 21.6. The van der Waals surface area contributed by atoms with Gasteiger partial charge in [0.2, 0.25) is 0 Å². The van der Waals surface area contributed by atoms with Crippen molar-refractivity contribution < 1.29 is 14.3 Å². The van der Waals surface area contributed by atoms with Crippen molar-refractivity contribution in [1.82, 2.24) is 0 Å². The number of aromatic hydroxyl groups is 1. The molecule has 1 aliphatic carbocycles. The Bertz CT molecular complexity index is 1620. The molecule has 0 saturated heterocycles. The number of fused-ring (bicyclic) bond motifs is 2. The Labute approximate surface area is 223 Å². The first-order valence-corrected chi connectivity index (χ1v) is 13.2. The number of hydrogen-bond acceptors (Lipinski definition) is 4. The minimum absolute atomic E-state index is 0.0176. The molecular weight excluding hydrogens is 528 g/mol.